The van der Waals surface area contributed by atoms with Gasteiger partial charge in [-0.3, -0.25) is 0 Å². The molecule has 0 spiro atoms. The van der Waals surface area contributed by atoms with E-state index in [0.717, 1.165) is 18.9 Å². The Kier molecular flexibility index (Phi) is 3.61. The van der Waals surface area contributed by atoms with Gasteiger partial charge in [0.25, 0.3) is 0 Å². The second kappa shape index (κ2) is 4.97. The summed E-state index contributed by atoms with van der Waals surface area (Å²) >= 11 is 5.87. The van der Waals surface area contributed by atoms with Crippen LogP contribution in [0.15, 0.2) is 12.4 Å². The molecule has 0 unspecified atom stereocenters. The molecule has 1 aromatic heterocycles. The Bertz CT molecular complexity index is 350. The molecule has 2 rings (SSSR count). The van der Waals surface area contributed by atoms with E-state index in [9.17, 15) is 0 Å². The summed E-state index contributed by atoms with van der Waals surface area (Å²) in [6, 6.07) is 2.38. The van der Waals surface area contributed by atoms with E-state index >= 15 is 0 Å². The predicted molar refractivity (Wildman–Crippen MR) is 66.0 cm³/mol. The van der Waals surface area contributed by atoms with Crippen LogP contribution in [0.5, 0.6) is 0 Å². The Morgan fingerprint density at radius 1 is 1.38 bits per heavy atom. The van der Waals surface area contributed by atoms with Crippen molar-refractivity contribution in [3.8, 4) is 0 Å². The predicted octanol–water partition coefficient (Wildman–Crippen LogP) is 1.66. The Hall–Kier alpha value is -0.870. The van der Waals surface area contributed by atoms with Crippen molar-refractivity contribution in [2.24, 2.45) is 0 Å². The summed E-state index contributed by atoms with van der Waals surface area (Å²) in [6.07, 6.45) is 3.87. The molecular formula is C11H17ClN4. The molecule has 16 heavy (non-hydrogen) atoms. The fraction of sp³-hybridized carbons (Fsp3) is 0.636. The molecule has 0 bridgehead atoms. The highest BCUT2D eigenvalue weighted by Gasteiger charge is 2.21. The van der Waals surface area contributed by atoms with E-state index in [2.05, 4.69) is 33.9 Å². The molecule has 0 saturated carbocycles. The van der Waals surface area contributed by atoms with Crippen LogP contribution in [-0.2, 0) is 0 Å². The molecule has 4 nitrogen and oxygen atoms in total. The van der Waals surface area contributed by atoms with Crippen LogP contribution in [0.1, 0.15) is 12.8 Å². The van der Waals surface area contributed by atoms with E-state index in [0.29, 0.717) is 11.2 Å². The van der Waals surface area contributed by atoms with E-state index in [1.54, 1.807) is 0 Å². The maximum atomic E-state index is 5.87. The summed E-state index contributed by atoms with van der Waals surface area (Å²) in [5.74, 6) is 0.912. The zero-order chi connectivity index (χ0) is 11.5. The normalized spacial score (nSPS) is 18.7. The zero-order valence-corrected chi connectivity index (χ0v) is 10.5. The summed E-state index contributed by atoms with van der Waals surface area (Å²) in [5.41, 5.74) is 0. The first-order chi connectivity index (χ1) is 7.66. The van der Waals surface area contributed by atoms with Gasteiger partial charge in [-0.2, -0.15) is 0 Å². The van der Waals surface area contributed by atoms with Gasteiger partial charge < -0.3 is 9.80 Å². The first kappa shape index (κ1) is 11.6. The van der Waals surface area contributed by atoms with Crippen LogP contribution in [0.4, 0.5) is 5.82 Å². The van der Waals surface area contributed by atoms with Crippen LogP contribution >= 0.6 is 11.6 Å². The smallest absolute Gasteiger partial charge is 0.134 e. The number of hydrogen-bond acceptors (Lipinski definition) is 4. The Morgan fingerprint density at radius 3 is 2.69 bits per heavy atom. The van der Waals surface area contributed by atoms with Crippen molar-refractivity contribution >= 4 is 17.4 Å². The Balaban J connectivity index is 2.04. The van der Waals surface area contributed by atoms with Crippen LogP contribution in [0.2, 0.25) is 5.15 Å². The molecule has 0 atom stereocenters. The third-order valence-corrected chi connectivity index (χ3v) is 3.42. The van der Waals surface area contributed by atoms with Crippen molar-refractivity contribution in [1.29, 1.82) is 0 Å². The summed E-state index contributed by atoms with van der Waals surface area (Å²) in [5, 5.41) is 0.504. The van der Waals surface area contributed by atoms with Crippen LogP contribution in [0, 0.1) is 0 Å². The van der Waals surface area contributed by atoms with Crippen molar-refractivity contribution in [1.82, 2.24) is 14.9 Å². The molecule has 1 aliphatic rings. The topological polar surface area (TPSA) is 32.3 Å². The fourth-order valence-electron chi connectivity index (χ4n) is 2.09. The zero-order valence-electron chi connectivity index (χ0n) is 9.73. The molecule has 0 amide bonds. The molecular weight excluding hydrogens is 224 g/mol. The molecule has 1 aliphatic heterocycles. The van der Waals surface area contributed by atoms with Gasteiger partial charge >= 0.3 is 0 Å². The summed E-state index contributed by atoms with van der Waals surface area (Å²) < 4.78 is 0. The van der Waals surface area contributed by atoms with E-state index in [1.807, 2.05) is 6.07 Å². The van der Waals surface area contributed by atoms with E-state index in [4.69, 9.17) is 11.6 Å². The lowest BCUT2D eigenvalue weighted by Gasteiger charge is -2.35. The van der Waals surface area contributed by atoms with Crippen LogP contribution in [-0.4, -0.2) is 48.1 Å². The Morgan fingerprint density at radius 2 is 2.06 bits per heavy atom. The fourth-order valence-corrected chi connectivity index (χ4v) is 2.23. The molecule has 1 fully saturated rings. The minimum atomic E-state index is 0.504. The second-order valence-corrected chi connectivity index (χ2v) is 4.73. The number of rotatable bonds is 2. The maximum absolute atomic E-state index is 5.87. The van der Waals surface area contributed by atoms with Crippen molar-refractivity contribution in [2.45, 2.75) is 18.9 Å². The van der Waals surface area contributed by atoms with Gasteiger partial charge in [0.05, 0.1) is 0 Å². The molecule has 0 N–H and O–H groups in total. The first-order valence-electron chi connectivity index (χ1n) is 5.56. The first-order valence-corrected chi connectivity index (χ1v) is 5.93. The van der Waals surface area contributed by atoms with Gasteiger partial charge in [0.2, 0.25) is 0 Å². The van der Waals surface area contributed by atoms with E-state index in [1.165, 1.54) is 19.2 Å². The number of nitrogens with zero attached hydrogens (tertiary/aromatic N) is 4. The van der Waals surface area contributed by atoms with E-state index in [-0.39, 0.29) is 0 Å². The lowest BCUT2D eigenvalue weighted by Crippen LogP contribution is -2.42. The van der Waals surface area contributed by atoms with Gasteiger partial charge in [-0.15, -0.1) is 0 Å². The number of aromatic nitrogens is 2. The van der Waals surface area contributed by atoms with E-state index < -0.39 is 0 Å². The molecule has 88 valence electrons. The molecule has 1 aromatic rings. The number of likely N-dealkylation sites (tertiary alicyclic amines) is 1. The standard InChI is InChI=1S/C11H17ClN4/c1-15-5-3-9(4-6-15)16(2)11-7-10(12)13-8-14-11/h7-9H,3-6H2,1-2H3. The SMILES string of the molecule is CN1CCC(N(C)c2cc(Cl)ncn2)CC1. The lowest BCUT2D eigenvalue weighted by molar-refractivity contribution is 0.252. The largest absolute Gasteiger partial charge is 0.356 e. The quantitative estimate of drug-likeness (QED) is 0.736. The van der Waals surface area contributed by atoms with Crippen molar-refractivity contribution in [2.75, 3.05) is 32.1 Å². The lowest BCUT2D eigenvalue weighted by atomic mass is 10.0. The van der Waals surface area contributed by atoms with Gasteiger partial charge in [0.1, 0.15) is 17.3 Å². The second-order valence-electron chi connectivity index (χ2n) is 4.34. The molecule has 0 aliphatic carbocycles. The highest BCUT2D eigenvalue weighted by atomic mass is 35.5. The number of hydrogen-bond donors (Lipinski definition) is 0. The number of anilines is 1. The van der Waals surface area contributed by atoms with Crippen LogP contribution < -0.4 is 4.90 Å². The average molecular weight is 241 g/mol. The van der Waals surface area contributed by atoms with Crippen LogP contribution in [0.3, 0.4) is 0 Å². The highest BCUT2D eigenvalue weighted by molar-refractivity contribution is 6.29. The highest BCUT2D eigenvalue weighted by Crippen LogP contribution is 2.20. The van der Waals surface area contributed by atoms with Gasteiger partial charge in [-0.05, 0) is 33.0 Å². The van der Waals surface area contributed by atoms with Crippen molar-refractivity contribution < 1.29 is 0 Å². The molecule has 1 saturated heterocycles. The van der Waals surface area contributed by atoms with Crippen LogP contribution in [0.25, 0.3) is 0 Å². The maximum Gasteiger partial charge on any atom is 0.134 e. The molecule has 2 heterocycles. The third-order valence-electron chi connectivity index (χ3n) is 3.22. The summed E-state index contributed by atoms with van der Waals surface area (Å²) in [7, 11) is 4.24. The monoisotopic (exact) mass is 240 g/mol. The molecule has 0 aromatic carbocycles. The number of halogens is 1. The van der Waals surface area contributed by atoms with Gasteiger partial charge in [0.15, 0.2) is 0 Å². The molecule has 5 heteroatoms. The summed E-state index contributed by atoms with van der Waals surface area (Å²) in [4.78, 5) is 12.7. The third kappa shape index (κ3) is 2.62. The van der Waals surface area contributed by atoms with Gasteiger partial charge in [0, 0.05) is 19.2 Å². The van der Waals surface area contributed by atoms with Crippen molar-refractivity contribution in [3.63, 3.8) is 0 Å². The van der Waals surface area contributed by atoms with Crippen molar-refractivity contribution in [3.05, 3.63) is 17.5 Å². The molecule has 0 radical (unpaired) electrons. The van der Waals surface area contributed by atoms with Gasteiger partial charge in [-0.25, -0.2) is 9.97 Å². The minimum Gasteiger partial charge on any atom is -0.356 e. The number of piperidine rings is 1. The average Bonchev–Trinajstić information content (AvgIpc) is 2.29. The minimum absolute atomic E-state index is 0.504. The summed E-state index contributed by atoms with van der Waals surface area (Å²) in [6.45, 7) is 2.29. The Labute approximate surface area is 101 Å². The van der Waals surface area contributed by atoms with Gasteiger partial charge in [-0.1, -0.05) is 11.6 Å².